The van der Waals surface area contributed by atoms with Gasteiger partial charge in [-0.3, -0.25) is 0 Å². The minimum absolute atomic E-state index is 0.598. The van der Waals surface area contributed by atoms with Gasteiger partial charge in [0.2, 0.25) is 0 Å². The average Bonchev–Trinajstić information content (AvgIpc) is 2.07. The Labute approximate surface area is 82.1 Å². The van der Waals surface area contributed by atoms with E-state index in [-0.39, 0.29) is 0 Å². The number of alkyl halides is 1. The van der Waals surface area contributed by atoms with E-state index in [1.165, 1.54) is 36.0 Å². The Kier molecular flexibility index (Phi) is 2.22. The maximum Gasteiger partial charge on any atom is 0.0398 e. The fraction of sp³-hybridized carbons (Fsp3) is 0.455. The van der Waals surface area contributed by atoms with Gasteiger partial charge >= 0.3 is 0 Å². The van der Waals surface area contributed by atoms with Crippen molar-refractivity contribution in [2.45, 2.75) is 31.0 Å². The summed E-state index contributed by atoms with van der Waals surface area (Å²) in [5.41, 5.74) is 4.43. The molecule has 1 aliphatic rings. The summed E-state index contributed by atoms with van der Waals surface area (Å²) in [4.78, 5) is 0.598. The monoisotopic (exact) mass is 224 g/mol. The molecule has 0 N–H and O–H groups in total. The van der Waals surface area contributed by atoms with Gasteiger partial charge in [0.05, 0.1) is 0 Å². The fourth-order valence-electron chi connectivity index (χ4n) is 1.86. The normalized spacial score (nSPS) is 22.0. The van der Waals surface area contributed by atoms with Crippen molar-refractivity contribution in [3.05, 3.63) is 34.9 Å². The summed E-state index contributed by atoms with van der Waals surface area (Å²) >= 11 is 3.72. The Hall–Kier alpha value is -0.300. The number of benzene rings is 1. The number of aryl methyl sites for hydroxylation is 2. The number of fused-ring (bicyclic) bond motifs is 1. The third-order valence-electron chi connectivity index (χ3n) is 2.54. The molecule has 0 radical (unpaired) electrons. The second kappa shape index (κ2) is 3.21. The molecule has 0 aromatic heterocycles. The van der Waals surface area contributed by atoms with Crippen LogP contribution < -0.4 is 0 Å². The third kappa shape index (κ3) is 1.42. The molecule has 0 saturated carbocycles. The topological polar surface area (TPSA) is 0 Å². The lowest BCUT2D eigenvalue weighted by Gasteiger charge is -2.21. The summed E-state index contributed by atoms with van der Waals surface area (Å²) in [5, 5.41) is 0. The van der Waals surface area contributed by atoms with Crippen molar-refractivity contribution in [2.24, 2.45) is 0 Å². The lowest BCUT2D eigenvalue weighted by Crippen LogP contribution is -2.04. The maximum absolute atomic E-state index is 3.72. The van der Waals surface area contributed by atoms with Crippen LogP contribution in [0.15, 0.2) is 18.2 Å². The minimum Gasteiger partial charge on any atom is -0.0839 e. The van der Waals surface area contributed by atoms with Crippen LogP contribution in [0.5, 0.6) is 0 Å². The molecule has 0 aliphatic heterocycles. The average molecular weight is 225 g/mol. The highest BCUT2D eigenvalue weighted by molar-refractivity contribution is 9.09. The molecule has 0 bridgehead atoms. The molecule has 1 unspecified atom stereocenters. The SMILES string of the molecule is Cc1ccc2c(c1)C(Br)CCC2. The highest BCUT2D eigenvalue weighted by Crippen LogP contribution is 2.36. The summed E-state index contributed by atoms with van der Waals surface area (Å²) < 4.78 is 0. The molecule has 64 valence electrons. The Morgan fingerprint density at radius 1 is 1.42 bits per heavy atom. The van der Waals surface area contributed by atoms with E-state index < -0.39 is 0 Å². The van der Waals surface area contributed by atoms with Crippen molar-refractivity contribution >= 4 is 15.9 Å². The number of halogens is 1. The van der Waals surface area contributed by atoms with Crippen molar-refractivity contribution < 1.29 is 0 Å². The molecule has 2 rings (SSSR count). The molecule has 0 fully saturated rings. The molecule has 1 aromatic carbocycles. The molecule has 0 nitrogen and oxygen atoms in total. The van der Waals surface area contributed by atoms with Gasteiger partial charge in [-0.05, 0) is 37.3 Å². The molecule has 1 aromatic rings. The van der Waals surface area contributed by atoms with Gasteiger partial charge in [-0.25, -0.2) is 0 Å². The molecule has 0 heterocycles. The molecule has 1 heteroatoms. The first kappa shape index (κ1) is 8.31. The molecular weight excluding hydrogens is 212 g/mol. The fourth-order valence-corrected chi connectivity index (χ4v) is 2.61. The Bertz CT molecular complexity index is 291. The van der Waals surface area contributed by atoms with E-state index in [2.05, 4.69) is 41.1 Å². The zero-order valence-electron chi connectivity index (χ0n) is 7.31. The zero-order valence-corrected chi connectivity index (χ0v) is 8.89. The molecule has 12 heavy (non-hydrogen) atoms. The van der Waals surface area contributed by atoms with Crippen LogP contribution in [0.3, 0.4) is 0 Å². The maximum atomic E-state index is 3.72. The largest absolute Gasteiger partial charge is 0.0839 e. The summed E-state index contributed by atoms with van der Waals surface area (Å²) in [7, 11) is 0. The van der Waals surface area contributed by atoms with Gasteiger partial charge in [0, 0.05) is 4.83 Å². The van der Waals surface area contributed by atoms with E-state index in [1.807, 2.05) is 0 Å². The molecule has 1 aliphatic carbocycles. The second-order valence-electron chi connectivity index (χ2n) is 3.56. The van der Waals surface area contributed by atoms with Crippen LogP contribution in [-0.2, 0) is 6.42 Å². The van der Waals surface area contributed by atoms with Crippen molar-refractivity contribution in [2.75, 3.05) is 0 Å². The number of hydrogen-bond donors (Lipinski definition) is 0. The smallest absolute Gasteiger partial charge is 0.0398 e. The van der Waals surface area contributed by atoms with Gasteiger partial charge in [0.15, 0.2) is 0 Å². The van der Waals surface area contributed by atoms with Crippen LogP contribution in [0.2, 0.25) is 0 Å². The van der Waals surface area contributed by atoms with Crippen molar-refractivity contribution in [3.63, 3.8) is 0 Å². The molecule has 1 atom stereocenters. The van der Waals surface area contributed by atoms with Crippen molar-refractivity contribution in [3.8, 4) is 0 Å². The van der Waals surface area contributed by atoms with Crippen LogP contribution >= 0.6 is 15.9 Å². The van der Waals surface area contributed by atoms with E-state index in [0.717, 1.165) is 0 Å². The van der Waals surface area contributed by atoms with E-state index in [4.69, 9.17) is 0 Å². The summed E-state index contributed by atoms with van der Waals surface area (Å²) in [6.07, 6.45) is 3.88. The van der Waals surface area contributed by atoms with Crippen LogP contribution in [0, 0.1) is 6.92 Å². The Balaban J connectivity index is 2.47. The van der Waals surface area contributed by atoms with Crippen molar-refractivity contribution in [1.82, 2.24) is 0 Å². The quantitative estimate of drug-likeness (QED) is 0.589. The third-order valence-corrected chi connectivity index (χ3v) is 3.49. The lowest BCUT2D eigenvalue weighted by atomic mass is 9.90. The molecular formula is C11H13Br. The standard InChI is InChI=1S/C11H13Br/c1-8-5-6-9-3-2-4-11(12)10(9)7-8/h5-7,11H,2-4H2,1H3. The predicted molar refractivity (Wildman–Crippen MR) is 55.8 cm³/mol. The molecule has 0 amide bonds. The summed E-state index contributed by atoms with van der Waals surface area (Å²) in [6.45, 7) is 2.16. The zero-order chi connectivity index (χ0) is 8.55. The van der Waals surface area contributed by atoms with Crippen LogP contribution in [0.4, 0.5) is 0 Å². The van der Waals surface area contributed by atoms with E-state index in [1.54, 1.807) is 0 Å². The van der Waals surface area contributed by atoms with E-state index in [0.29, 0.717) is 4.83 Å². The van der Waals surface area contributed by atoms with Gasteiger partial charge in [0.25, 0.3) is 0 Å². The first-order valence-electron chi connectivity index (χ1n) is 4.51. The number of rotatable bonds is 0. The lowest BCUT2D eigenvalue weighted by molar-refractivity contribution is 0.680. The highest BCUT2D eigenvalue weighted by atomic mass is 79.9. The second-order valence-corrected chi connectivity index (χ2v) is 4.67. The molecule has 0 spiro atoms. The Morgan fingerprint density at radius 2 is 2.25 bits per heavy atom. The van der Waals surface area contributed by atoms with Gasteiger partial charge in [0.1, 0.15) is 0 Å². The number of hydrogen-bond acceptors (Lipinski definition) is 0. The van der Waals surface area contributed by atoms with E-state index >= 15 is 0 Å². The van der Waals surface area contributed by atoms with Gasteiger partial charge in [-0.2, -0.15) is 0 Å². The first-order valence-corrected chi connectivity index (χ1v) is 5.42. The summed E-state index contributed by atoms with van der Waals surface area (Å²) in [5.74, 6) is 0. The molecule has 0 saturated heterocycles. The Morgan fingerprint density at radius 3 is 3.08 bits per heavy atom. The van der Waals surface area contributed by atoms with Gasteiger partial charge in [-0.15, -0.1) is 0 Å². The van der Waals surface area contributed by atoms with Crippen molar-refractivity contribution in [1.29, 1.82) is 0 Å². The van der Waals surface area contributed by atoms with Crippen LogP contribution in [0.1, 0.15) is 34.4 Å². The van der Waals surface area contributed by atoms with Gasteiger partial charge < -0.3 is 0 Å². The summed E-state index contributed by atoms with van der Waals surface area (Å²) in [6, 6.07) is 6.80. The predicted octanol–water partition coefficient (Wildman–Crippen LogP) is 3.77. The van der Waals surface area contributed by atoms with E-state index in [9.17, 15) is 0 Å². The highest BCUT2D eigenvalue weighted by Gasteiger charge is 2.16. The van der Waals surface area contributed by atoms with Gasteiger partial charge in [-0.1, -0.05) is 39.7 Å². The van der Waals surface area contributed by atoms with Crippen LogP contribution in [0.25, 0.3) is 0 Å². The first-order chi connectivity index (χ1) is 5.77. The van der Waals surface area contributed by atoms with Crippen LogP contribution in [-0.4, -0.2) is 0 Å². The minimum atomic E-state index is 0.598.